The van der Waals surface area contributed by atoms with Gasteiger partial charge in [0.15, 0.2) is 0 Å². The number of hydrogen-bond donors (Lipinski definition) is 2. The summed E-state index contributed by atoms with van der Waals surface area (Å²) in [5.74, 6) is -1.29. The van der Waals surface area contributed by atoms with Crippen molar-refractivity contribution in [1.29, 1.82) is 0 Å². The molecule has 2 N–H and O–H groups in total. The molecule has 4 heteroatoms. The van der Waals surface area contributed by atoms with Gasteiger partial charge in [-0.15, -0.1) is 0 Å². The minimum atomic E-state index is -0.796. The van der Waals surface area contributed by atoms with Crippen LogP contribution < -0.4 is 0 Å². The molecular formula is C15H14ClNO2. The number of aromatic nitrogens is 1. The van der Waals surface area contributed by atoms with Crippen LogP contribution in [0.15, 0.2) is 24.3 Å². The van der Waals surface area contributed by atoms with E-state index in [9.17, 15) is 9.90 Å². The van der Waals surface area contributed by atoms with Gasteiger partial charge >= 0.3 is 5.97 Å². The molecule has 2 aromatic rings. The van der Waals surface area contributed by atoms with Gasteiger partial charge in [-0.3, -0.25) is 4.79 Å². The molecule has 3 nitrogen and oxygen atoms in total. The average Bonchev–Trinajstić information content (AvgIpc) is 2.75. The van der Waals surface area contributed by atoms with Crippen LogP contribution in [0.5, 0.6) is 0 Å². The molecule has 1 aromatic heterocycles. The molecule has 1 aliphatic rings. The van der Waals surface area contributed by atoms with Gasteiger partial charge < -0.3 is 10.1 Å². The van der Waals surface area contributed by atoms with Crippen LogP contribution in [0.25, 0.3) is 16.5 Å². The monoisotopic (exact) mass is 275 g/mol. The highest BCUT2D eigenvalue weighted by Crippen LogP contribution is 2.36. The van der Waals surface area contributed by atoms with E-state index in [-0.39, 0.29) is 0 Å². The van der Waals surface area contributed by atoms with Crippen LogP contribution in [0.1, 0.15) is 24.6 Å². The first kappa shape index (κ1) is 12.3. The van der Waals surface area contributed by atoms with Gasteiger partial charge in [-0.25, -0.2) is 0 Å². The van der Waals surface area contributed by atoms with Gasteiger partial charge in [-0.2, -0.15) is 0 Å². The number of carbonyl (C=O) groups is 1. The number of H-pyrrole nitrogens is 1. The van der Waals surface area contributed by atoms with Gasteiger partial charge in [0.2, 0.25) is 0 Å². The molecule has 0 saturated carbocycles. The van der Waals surface area contributed by atoms with E-state index in [1.165, 1.54) is 5.56 Å². The summed E-state index contributed by atoms with van der Waals surface area (Å²) in [6.45, 7) is 1.72. The summed E-state index contributed by atoms with van der Waals surface area (Å²) in [5.41, 5.74) is 4.03. The topological polar surface area (TPSA) is 53.1 Å². The number of aryl methyl sites for hydroxylation is 1. The van der Waals surface area contributed by atoms with E-state index >= 15 is 0 Å². The smallest absolute Gasteiger partial charge is 0.310 e. The third kappa shape index (κ3) is 1.94. The Hall–Kier alpha value is -1.74. The van der Waals surface area contributed by atoms with Crippen molar-refractivity contribution in [3.05, 3.63) is 40.6 Å². The molecule has 0 spiro atoms. The Morgan fingerprint density at radius 3 is 3.00 bits per heavy atom. The zero-order chi connectivity index (χ0) is 13.6. The molecule has 19 heavy (non-hydrogen) atoms. The van der Waals surface area contributed by atoms with E-state index in [2.05, 4.69) is 4.98 Å². The Labute approximate surface area is 115 Å². The summed E-state index contributed by atoms with van der Waals surface area (Å²) in [6.07, 6.45) is 3.82. The summed E-state index contributed by atoms with van der Waals surface area (Å²) < 4.78 is 0. The molecular weight excluding hydrogens is 262 g/mol. The summed E-state index contributed by atoms with van der Waals surface area (Å²) in [5, 5.41) is 11.0. The second-order valence-corrected chi connectivity index (χ2v) is 5.36. The fraction of sp³-hybridized carbons (Fsp3) is 0.267. The summed E-state index contributed by atoms with van der Waals surface area (Å²) >= 11 is 6.04. The second kappa shape index (κ2) is 4.42. The van der Waals surface area contributed by atoms with Crippen molar-refractivity contribution < 1.29 is 9.90 Å². The highest BCUT2D eigenvalue weighted by Gasteiger charge is 2.25. The molecule has 0 fully saturated rings. The normalized spacial score (nSPS) is 16.0. The van der Waals surface area contributed by atoms with Crippen molar-refractivity contribution in [2.75, 3.05) is 0 Å². The number of aliphatic carboxylic acids is 1. The molecule has 1 unspecified atom stereocenters. The minimum absolute atomic E-state index is 0.498. The van der Waals surface area contributed by atoms with Crippen molar-refractivity contribution in [1.82, 2.24) is 4.98 Å². The quantitative estimate of drug-likeness (QED) is 0.874. The largest absolute Gasteiger partial charge is 0.481 e. The first-order chi connectivity index (χ1) is 9.08. The lowest BCUT2D eigenvalue weighted by atomic mass is 9.88. The van der Waals surface area contributed by atoms with Crippen LogP contribution in [0.3, 0.4) is 0 Å². The standard InChI is InChI=1S/C15H14ClNO2/c1-8(15(18)19)10-3-2-4-11-12-7-9(16)5-6-13(12)17-14(10)11/h3,5-8,17H,2,4H2,1H3,(H,18,19). The number of aromatic amines is 1. The number of halogens is 1. The maximum Gasteiger partial charge on any atom is 0.310 e. The number of rotatable bonds is 2. The third-order valence-electron chi connectivity index (χ3n) is 3.75. The van der Waals surface area contributed by atoms with Crippen molar-refractivity contribution in [3.8, 4) is 0 Å². The van der Waals surface area contributed by atoms with Crippen LogP contribution in [0, 0.1) is 5.92 Å². The summed E-state index contributed by atoms with van der Waals surface area (Å²) in [7, 11) is 0. The van der Waals surface area contributed by atoms with Crippen molar-refractivity contribution in [3.63, 3.8) is 0 Å². The molecule has 98 valence electrons. The van der Waals surface area contributed by atoms with Gasteiger partial charge in [-0.1, -0.05) is 17.7 Å². The van der Waals surface area contributed by atoms with Gasteiger partial charge in [0, 0.05) is 21.6 Å². The van der Waals surface area contributed by atoms with Crippen LogP contribution in [0.2, 0.25) is 5.02 Å². The molecule has 0 saturated heterocycles. The predicted octanol–water partition coefficient (Wildman–Crippen LogP) is 3.87. The average molecular weight is 276 g/mol. The number of carboxylic acid groups (broad SMARTS) is 1. The predicted molar refractivity (Wildman–Crippen MR) is 76.4 cm³/mol. The van der Waals surface area contributed by atoms with Crippen LogP contribution >= 0.6 is 11.6 Å². The van der Waals surface area contributed by atoms with Crippen LogP contribution in [0.4, 0.5) is 0 Å². The number of hydrogen-bond acceptors (Lipinski definition) is 1. The lowest BCUT2D eigenvalue weighted by Crippen LogP contribution is -2.14. The molecule has 1 aromatic carbocycles. The maximum absolute atomic E-state index is 11.2. The fourth-order valence-corrected chi connectivity index (χ4v) is 2.90. The molecule has 0 aliphatic heterocycles. The Bertz CT molecular complexity index is 699. The van der Waals surface area contributed by atoms with E-state index in [1.807, 2.05) is 24.3 Å². The molecule has 3 rings (SSSR count). The van der Waals surface area contributed by atoms with Crippen molar-refractivity contribution in [2.45, 2.75) is 19.8 Å². The highest BCUT2D eigenvalue weighted by molar-refractivity contribution is 6.31. The summed E-state index contributed by atoms with van der Waals surface area (Å²) in [6, 6.07) is 5.73. The zero-order valence-electron chi connectivity index (χ0n) is 10.5. The second-order valence-electron chi connectivity index (χ2n) is 4.93. The van der Waals surface area contributed by atoms with Gasteiger partial charge in [-0.05, 0) is 49.1 Å². The zero-order valence-corrected chi connectivity index (χ0v) is 11.3. The maximum atomic E-state index is 11.2. The van der Waals surface area contributed by atoms with E-state index in [1.54, 1.807) is 6.92 Å². The number of nitrogens with one attached hydrogen (secondary N) is 1. The van der Waals surface area contributed by atoms with Crippen molar-refractivity contribution >= 4 is 34.0 Å². The van der Waals surface area contributed by atoms with Gasteiger partial charge in [0.25, 0.3) is 0 Å². The molecule has 1 heterocycles. The Morgan fingerprint density at radius 2 is 2.26 bits per heavy atom. The third-order valence-corrected chi connectivity index (χ3v) is 3.99. The highest BCUT2D eigenvalue weighted by atomic mass is 35.5. The number of benzene rings is 1. The van der Waals surface area contributed by atoms with Crippen LogP contribution in [-0.2, 0) is 11.2 Å². The van der Waals surface area contributed by atoms with E-state index < -0.39 is 11.9 Å². The number of carboxylic acids is 1. The Balaban J connectivity index is 2.20. The fourth-order valence-electron chi connectivity index (χ4n) is 2.73. The lowest BCUT2D eigenvalue weighted by Gasteiger charge is -2.17. The molecule has 0 bridgehead atoms. The number of allylic oxidation sites excluding steroid dienone is 1. The molecule has 1 atom stereocenters. The van der Waals surface area contributed by atoms with Gasteiger partial charge in [0.05, 0.1) is 5.92 Å². The van der Waals surface area contributed by atoms with E-state index in [0.29, 0.717) is 5.02 Å². The van der Waals surface area contributed by atoms with E-state index in [0.717, 1.165) is 35.0 Å². The first-order valence-electron chi connectivity index (χ1n) is 6.31. The molecule has 0 radical (unpaired) electrons. The van der Waals surface area contributed by atoms with Gasteiger partial charge in [0.1, 0.15) is 0 Å². The van der Waals surface area contributed by atoms with Crippen molar-refractivity contribution in [2.24, 2.45) is 5.92 Å². The SMILES string of the molecule is CC(C(=O)O)C1=CCCc2c1[nH]c1ccc(Cl)cc21. The van der Waals surface area contributed by atoms with Crippen LogP contribution in [-0.4, -0.2) is 16.1 Å². The molecule has 1 aliphatic carbocycles. The minimum Gasteiger partial charge on any atom is -0.481 e. The molecule has 0 amide bonds. The Kier molecular flexibility index (Phi) is 2.86. The van der Waals surface area contributed by atoms with E-state index in [4.69, 9.17) is 11.6 Å². The lowest BCUT2D eigenvalue weighted by molar-refractivity contribution is -0.139. The Morgan fingerprint density at radius 1 is 1.47 bits per heavy atom. The first-order valence-corrected chi connectivity index (χ1v) is 6.69. The number of fused-ring (bicyclic) bond motifs is 3. The summed E-state index contributed by atoms with van der Waals surface area (Å²) in [4.78, 5) is 14.5.